The van der Waals surface area contributed by atoms with Crippen molar-refractivity contribution in [3.63, 3.8) is 0 Å². The molecular formula is C33H30Cl2N4O5. The quantitative estimate of drug-likeness (QED) is 0.238. The van der Waals surface area contributed by atoms with Crippen molar-refractivity contribution in [2.45, 2.75) is 32.2 Å². The van der Waals surface area contributed by atoms with Gasteiger partial charge in [-0.25, -0.2) is 0 Å². The molecule has 1 spiro atoms. The smallest absolute Gasteiger partial charge is 0.261 e. The van der Waals surface area contributed by atoms with E-state index in [9.17, 15) is 19.5 Å². The van der Waals surface area contributed by atoms with Gasteiger partial charge in [-0.1, -0.05) is 49.2 Å². The van der Waals surface area contributed by atoms with Crippen LogP contribution in [0.5, 0.6) is 5.75 Å². The largest absolute Gasteiger partial charge is 0.495 e. The summed E-state index contributed by atoms with van der Waals surface area (Å²) in [5.41, 5.74) is 3.23. The van der Waals surface area contributed by atoms with Crippen molar-refractivity contribution in [3.8, 4) is 11.4 Å². The van der Waals surface area contributed by atoms with Crippen molar-refractivity contribution >= 4 is 52.3 Å². The predicted octanol–water partition coefficient (Wildman–Crippen LogP) is 5.80. The van der Waals surface area contributed by atoms with E-state index < -0.39 is 11.4 Å². The zero-order chi connectivity index (χ0) is 31.5. The first kappa shape index (κ1) is 29.7. The number of hydrogen-bond donors (Lipinski definition) is 3. The molecule has 0 fully saturated rings. The first-order chi connectivity index (χ1) is 21.0. The van der Waals surface area contributed by atoms with E-state index in [0.29, 0.717) is 60.8 Å². The van der Waals surface area contributed by atoms with Gasteiger partial charge in [-0.05, 0) is 60.9 Å². The monoisotopic (exact) mass is 632 g/mol. The van der Waals surface area contributed by atoms with Crippen molar-refractivity contribution in [3.05, 3.63) is 104 Å². The molecule has 3 aromatic carbocycles. The van der Waals surface area contributed by atoms with Crippen LogP contribution in [0.1, 0.15) is 62.9 Å². The number of aryl methyl sites for hydroxylation is 1. The second-order valence-electron chi connectivity index (χ2n) is 11.1. The number of methoxy groups -OCH3 is 1. The van der Waals surface area contributed by atoms with Crippen LogP contribution in [0.3, 0.4) is 0 Å². The molecule has 226 valence electrons. The summed E-state index contributed by atoms with van der Waals surface area (Å²) < 4.78 is 7.54. The number of benzene rings is 3. The van der Waals surface area contributed by atoms with Crippen LogP contribution in [-0.2, 0) is 10.3 Å². The standard InChI is InChI=1S/C33H30Cl2N4O5/c1-17(2)29-28-22(16-38(29)26-13-19(6-10-27(26)44-4)30(41)36-11-12-40)31(42)39(25-15-21(35)7-5-18(25)3)33(28)23-9-8-20(34)14-24(23)37-32(33)43/h5-10,13-17,40H,11-12H2,1-4H3,(H,36,41)(H,37,43). The predicted molar refractivity (Wildman–Crippen MR) is 170 cm³/mol. The summed E-state index contributed by atoms with van der Waals surface area (Å²) in [6.07, 6.45) is 1.71. The average Bonchev–Trinajstić information content (AvgIpc) is 3.60. The van der Waals surface area contributed by atoms with Gasteiger partial charge in [0.15, 0.2) is 5.54 Å². The second-order valence-corrected chi connectivity index (χ2v) is 12.0. The van der Waals surface area contributed by atoms with Crippen LogP contribution in [-0.4, -0.2) is 47.7 Å². The van der Waals surface area contributed by atoms with E-state index in [1.807, 2.05) is 31.4 Å². The molecule has 2 aliphatic rings. The van der Waals surface area contributed by atoms with Crippen LogP contribution in [0.4, 0.5) is 11.4 Å². The maximum Gasteiger partial charge on any atom is 0.261 e. The summed E-state index contributed by atoms with van der Waals surface area (Å²) in [6.45, 7) is 5.74. The maximum absolute atomic E-state index is 14.7. The summed E-state index contributed by atoms with van der Waals surface area (Å²) in [7, 11) is 1.53. The van der Waals surface area contributed by atoms with Crippen molar-refractivity contribution in [2.24, 2.45) is 0 Å². The Balaban J connectivity index is 1.68. The Morgan fingerprint density at radius 3 is 2.48 bits per heavy atom. The molecule has 44 heavy (non-hydrogen) atoms. The first-order valence-corrected chi connectivity index (χ1v) is 14.9. The van der Waals surface area contributed by atoms with Gasteiger partial charge in [-0.15, -0.1) is 0 Å². The number of hydrogen-bond acceptors (Lipinski definition) is 5. The number of carbonyl (C=O) groups excluding carboxylic acids is 3. The zero-order valence-corrected chi connectivity index (χ0v) is 26.0. The number of halogens is 2. The molecule has 1 unspecified atom stereocenters. The molecule has 0 saturated carbocycles. The lowest BCUT2D eigenvalue weighted by Crippen LogP contribution is -2.51. The highest BCUT2D eigenvalue weighted by Gasteiger charge is 2.63. The van der Waals surface area contributed by atoms with Crippen LogP contribution in [0.2, 0.25) is 10.0 Å². The lowest BCUT2D eigenvalue weighted by molar-refractivity contribution is -0.119. The van der Waals surface area contributed by atoms with Gasteiger partial charge in [0.25, 0.3) is 17.7 Å². The van der Waals surface area contributed by atoms with Crippen LogP contribution in [0.25, 0.3) is 5.69 Å². The molecule has 9 nitrogen and oxygen atoms in total. The van der Waals surface area contributed by atoms with Crippen LogP contribution >= 0.6 is 23.2 Å². The highest BCUT2D eigenvalue weighted by Crippen LogP contribution is 2.56. The second kappa shape index (κ2) is 11.0. The number of rotatable bonds is 7. The molecular weight excluding hydrogens is 603 g/mol. The Morgan fingerprint density at radius 2 is 1.77 bits per heavy atom. The van der Waals surface area contributed by atoms with Gasteiger partial charge in [0, 0.05) is 50.9 Å². The van der Waals surface area contributed by atoms with Gasteiger partial charge in [-0.3, -0.25) is 19.3 Å². The van der Waals surface area contributed by atoms with Crippen molar-refractivity contribution < 1.29 is 24.2 Å². The summed E-state index contributed by atoms with van der Waals surface area (Å²) in [6, 6.07) is 15.4. The van der Waals surface area contributed by atoms with E-state index >= 15 is 0 Å². The molecule has 0 saturated heterocycles. The number of aliphatic hydroxyl groups excluding tert-OH is 1. The number of aliphatic hydroxyl groups is 1. The van der Waals surface area contributed by atoms with Gasteiger partial charge in [0.1, 0.15) is 5.75 Å². The molecule has 4 aromatic rings. The van der Waals surface area contributed by atoms with Crippen molar-refractivity contribution in [1.82, 2.24) is 9.88 Å². The van der Waals surface area contributed by atoms with Crippen LogP contribution < -0.4 is 20.3 Å². The molecule has 1 atom stereocenters. The third kappa shape index (κ3) is 4.29. The Bertz CT molecular complexity index is 1870. The maximum atomic E-state index is 14.7. The fourth-order valence-electron chi connectivity index (χ4n) is 6.36. The molecule has 1 aromatic heterocycles. The zero-order valence-electron chi connectivity index (χ0n) is 24.5. The summed E-state index contributed by atoms with van der Waals surface area (Å²) in [5.74, 6) is -0.870. The number of ether oxygens (including phenoxy) is 1. The number of nitrogens with one attached hydrogen (secondary N) is 2. The molecule has 6 rings (SSSR count). The molecule has 3 heterocycles. The summed E-state index contributed by atoms with van der Waals surface area (Å²) in [5, 5.41) is 15.7. The molecule has 3 amide bonds. The highest BCUT2D eigenvalue weighted by atomic mass is 35.5. The van der Waals surface area contributed by atoms with E-state index in [0.717, 1.165) is 5.56 Å². The minimum absolute atomic E-state index is 0.101. The summed E-state index contributed by atoms with van der Waals surface area (Å²) >= 11 is 12.8. The number of aromatic nitrogens is 1. The van der Waals surface area contributed by atoms with Gasteiger partial charge in [0.2, 0.25) is 0 Å². The average molecular weight is 634 g/mol. The molecule has 2 aliphatic heterocycles. The van der Waals surface area contributed by atoms with Gasteiger partial charge in [0.05, 0.1) is 30.7 Å². The summed E-state index contributed by atoms with van der Waals surface area (Å²) in [4.78, 5) is 43.5. The number of anilines is 2. The molecule has 0 aliphatic carbocycles. The Labute approximate surface area is 264 Å². The lowest BCUT2D eigenvalue weighted by atomic mass is 9.81. The molecule has 0 radical (unpaired) electrons. The topological polar surface area (TPSA) is 113 Å². The van der Waals surface area contributed by atoms with Crippen LogP contribution in [0.15, 0.2) is 60.8 Å². The van der Waals surface area contributed by atoms with Gasteiger partial charge in [-0.2, -0.15) is 0 Å². The van der Waals surface area contributed by atoms with Crippen LogP contribution in [0, 0.1) is 6.92 Å². The number of amides is 3. The third-order valence-electron chi connectivity index (χ3n) is 8.18. The minimum atomic E-state index is -1.57. The van der Waals surface area contributed by atoms with E-state index in [1.165, 1.54) is 7.11 Å². The van der Waals surface area contributed by atoms with E-state index in [4.69, 9.17) is 27.9 Å². The molecule has 0 bridgehead atoms. The number of carbonyl (C=O) groups is 3. The molecule has 3 N–H and O–H groups in total. The van der Waals surface area contributed by atoms with Crippen molar-refractivity contribution in [1.29, 1.82) is 0 Å². The fourth-order valence-corrected chi connectivity index (χ4v) is 6.70. The first-order valence-electron chi connectivity index (χ1n) is 14.1. The number of nitrogens with zero attached hydrogens (tertiary/aromatic N) is 2. The minimum Gasteiger partial charge on any atom is -0.495 e. The Morgan fingerprint density at radius 1 is 1.05 bits per heavy atom. The van der Waals surface area contributed by atoms with Crippen molar-refractivity contribution in [2.75, 3.05) is 30.5 Å². The van der Waals surface area contributed by atoms with Gasteiger partial charge < -0.3 is 25.0 Å². The van der Waals surface area contributed by atoms with E-state index in [1.54, 1.807) is 59.6 Å². The van der Waals surface area contributed by atoms with E-state index in [2.05, 4.69) is 10.6 Å². The van der Waals surface area contributed by atoms with Gasteiger partial charge >= 0.3 is 0 Å². The number of fused-ring (bicyclic) bond motifs is 4. The SMILES string of the molecule is COc1ccc(C(=O)NCCO)cc1-n1cc2c(c1C(C)C)C1(C(=O)Nc3cc(Cl)ccc31)N(c1cc(Cl)ccc1C)C2=O. The van der Waals surface area contributed by atoms with E-state index in [-0.39, 0.29) is 30.9 Å². The fraction of sp³-hybridized carbons (Fsp3) is 0.242. The Hall–Kier alpha value is -4.31. The molecule has 11 heteroatoms. The lowest BCUT2D eigenvalue weighted by Gasteiger charge is -2.36. The normalized spacial score (nSPS) is 16.9. The third-order valence-corrected chi connectivity index (χ3v) is 8.65. The highest BCUT2D eigenvalue weighted by molar-refractivity contribution is 6.32. The Kier molecular flexibility index (Phi) is 7.44.